The van der Waals surface area contributed by atoms with Crippen molar-refractivity contribution in [3.63, 3.8) is 0 Å². The van der Waals surface area contributed by atoms with Gasteiger partial charge in [0.05, 0.1) is 12.6 Å². The van der Waals surface area contributed by atoms with Gasteiger partial charge in [0.15, 0.2) is 0 Å². The quantitative estimate of drug-likeness (QED) is 0.710. The number of hydroxylamine groups is 1. The Balaban J connectivity index is 2.08. The third-order valence-corrected chi connectivity index (χ3v) is 2.43. The lowest BCUT2D eigenvalue weighted by atomic mass is 9.96. The monoisotopic (exact) mass is 177 g/mol. The van der Waals surface area contributed by atoms with Crippen LogP contribution in [0.15, 0.2) is 30.3 Å². The summed E-state index contributed by atoms with van der Waals surface area (Å²) in [6, 6.07) is 10.8. The zero-order chi connectivity index (χ0) is 9.10. The molecule has 1 aromatic rings. The summed E-state index contributed by atoms with van der Waals surface area (Å²) in [5, 5.41) is 0. The van der Waals surface area contributed by atoms with Crippen LogP contribution in [-0.4, -0.2) is 6.61 Å². The second-order valence-electron chi connectivity index (χ2n) is 3.73. The van der Waals surface area contributed by atoms with Gasteiger partial charge in [-0.25, -0.2) is 0 Å². The molecule has 0 aromatic heterocycles. The van der Waals surface area contributed by atoms with Crippen molar-refractivity contribution in [3.05, 3.63) is 35.9 Å². The molecule has 13 heavy (non-hydrogen) atoms. The first-order chi connectivity index (χ1) is 6.36. The molecule has 0 spiro atoms. The highest BCUT2D eigenvalue weighted by atomic mass is 16.6. The first kappa shape index (κ1) is 8.73. The predicted octanol–water partition coefficient (Wildman–Crippen LogP) is 2.29. The van der Waals surface area contributed by atoms with E-state index in [0.717, 1.165) is 13.0 Å². The Labute approximate surface area is 78.9 Å². The van der Waals surface area contributed by atoms with Crippen LogP contribution in [0.4, 0.5) is 0 Å². The zero-order valence-electron chi connectivity index (χ0n) is 7.86. The van der Waals surface area contributed by atoms with Gasteiger partial charge in [-0.3, -0.25) is 0 Å². The Hall–Kier alpha value is -0.860. The van der Waals surface area contributed by atoms with Crippen molar-refractivity contribution in [1.82, 2.24) is 5.48 Å². The van der Waals surface area contributed by atoms with Crippen LogP contribution in [0.1, 0.15) is 24.9 Å². The smallest absolute Gasteiger partial charge is 0.0708 e. The lowest BCUT2D eigenvalue weighted by molar-refractivity contribution is -0.0455. The molecule has 0 unspecified atom stereocenters. The van der Waals surface area contributed by atoms with Crippen molar-refractivity contribution in [2.24, 2.45) is 5.92 Å². The van der Waals surface area contributed by atoms with Crippen molar-refractivity contribution in [2.45, 2.75) is 19.4 Å². The van der Waals surface area contributed by atoms with E-state index in [2.05, 4.69) is 36.7 Å². The van der Waals surface area contributed by atoms with E-state index < -0.39 is 0 Å². The highest BCUT2D eigenvalue weighted by molar-refractivity contribution is 5.18. The van der Waals surface area contributed by atoms with Crippen LogP contribution in [0.5, 0.6) is 0 Å². The maximum atomic E-state index is 5.30. The predicted molar refractivity (Wildman–Crippen MR) is 52.1 cm³/mol. The molecule has 2 atom stereocenters. The van der Waals surface area contributed by atoms with Gasteiger partial charge in [-0.2, -0.15) is 5.48 Å². The maximum absolute atomic E-state index is 5.30. The molecule has 1 aliphatic heterocycles. The molecule has 1 N–H and O–H groups in total. The van der Waals surface area contributed by atoms with Crippen LogP contribution in [-0.2, 0) is 4.84 Å². The molecule has 1 aromatic carbocycles. The second kappa shape index (κ2) is 3.90. The molecule has 2 heteroatoms. The molecule has 0 saturated carbocycles. The summed E-state index contributed by atoms with van der Waals surface area (Å²) in [4.78, 5) is 5.30. The minimum Gasteiger partial charge on any atom is -0.301 e. The second-order valence-corrected chi connectivity index (χ2v) is 3.73. The van der Waals surface area contributed by atoms with Crippen molar-refractivity contribution >= 4 is 0 Å². The Morgan fingerprint density at radius 1 is 1.31 bits per heavy atom. The summed E-state index contributed by atoms with van der Waals surface area (Å²) in [5.41, 5.74) is 4.38. The van der Waals surface area contributed by atoms with E-state index in [1.54, 1.807) is 0 Å². The highest BCUT2D eigenvalue weighted by Gasteiger charge is 2.19. The normalized spacial score (nSPS) is 28.7. The van der Waals surface area contributed by atoms with E-state index in [-0.39, 0.29) is 0 Å². The van der Waals surface area contributed by atoms with E-state index in [1.807, 2.05) is 6.07 Å². The summed E-state index contributed by atoms with van der Waals surface area (Å²) in [7, 11) is 0. The van der Waals surface area contributed by atoms with Crippen LogP contribution < -0.4 is 5.48 Å². The number of hydrogen-bond acceptors (Lipinski definition) is 2. The average molecular weight is 177 g/mol. The highest BCUT2D eigenvalue weighted by Crippen LogP contribution is 2.24. The molecule has 1 aliphatic rings. The number of nitrogens with one attached hydrogen (secondary N) is 1. The van der Waals surface area contributed by atoms with Crippen molar-refractivity contribution in [2.75, 3.05) is 6.61 Å². The third-order valence-electron chi connectivity index (χ3n) is 2.43. The van der Waals surface area contributed by atoms with Gasteiger partial charge < -0.3 is 4.84 Å². The van der Waals surface area contributed by atoms with E-state index >= 15 is 0 Å². The molecule has 1 fully saturated rings. The summed E-state index contributed by atoms with van der Waals surface area (Å²) in [6.45, 7) is 3.04. The van der Waals surface area contributed by atoms with Gasteiger partial charge in [-0.05, 0) is 17.9 Å². The van der Waals surface area contributed by atoms with E-state index in [0.29, 0.717) is 12.0 Å². The van der Waals surface area contributed by atoms with Gasteiger partial charge in [-0.1, -0.05) is 37.3 Å². The van der Waals surface area contributed by atoms with Gasteiger partial charge in [0.2, 0.25) is 0 Å². The molecule has 70 valence electrons. The lowest BCUT2D eigenvalue weighted by Crippen LogP contribution is -2.32. The first-order valence-electron chi connectivity index (χ1n) is 4.78. The fraction of sp³-hybridized carbons (Fsp3) is 0.455. The number of benzene rings is 1. The van der Waals surface area contributed by atoms with E-state index in [9.17, 15) is 0 Å². The molecule has 2 nitrogen and oxygen atoms in total. The minimum absolute atomic E-state index is 0.366. The zero-order valence-corrected chi connectivity index (χ0v) is 7.86. The first-order valence-corrected chi connectivity index (χ1v) is 4.78. The van der Waals surface area contributed by atoms with Gasteiger partial charge in [-0.15, -0.1) is 0 Å². The largest absolute Gasteiger partial charge is 0.301 e. The molecule has 0 amide bonds. The third kappa shape index (κ3) is 2.08. The van der Waals surface area contributed by atoms with E-state index in [4.69, 9.17) is 4.84 Å². The number of rotatable bonds is 1. The summed E-state index contributed by atoms with van der Waals surface area (Å²) < 4.78 is 0. The van der Waals surface area contributed by atoms with Gasteiger partial charge >= 0.3 is 0 Å². The maximum Gasteiger partial charge on any atom is 0.0708 e. The Bertz CT molecular complexity index is 260. The van der Waals surface area contributed by atoms with E-state index in [1.165, 1.54) is 5.56 Å². The van der Waals surface area contributed by atoms with Gasteiger partial charge in [0.25, 0.3) is 0 Å². The average Bonchev–Trinajstić information content (AvgIpc) is 2.19. The van der Waals surface area contributed by atoms with Crippen LogP contribution in [0.25, 0.3) is 0 Å². The molecule has 2 rings (SSSR count). The Morgan fingerprint density at radius 3 is 2.77 bits per heavy atom. The number of hydrogen-bond donors (Lipinski definition) is 1. The van der Waals surface area contributed by atoms with Crippen molar-refractivity contribution in [3.8, 4) is 0 Å². The Morgan fingerprint density at radius 2 is 2.08 bits per heavy atom. The Kier molecular flexibility index (Phi) is 2.62. The van der Waals surface area contributed by atoms with Crippen LogP contribution in [0.2, 0.25) is 0 Å². The van der Waals surface area contributed by atoms with Gasteiger partial charge in [0.1, 0.15) is 0 Å². The van der Waals surface area contributed by atoms with Crippen LogP contribution >= 0.6 is 0 Å². The topological polar surface area (TPSA) is 21.3 Å². The summed E-state index contributed by atoms with van der Waals surface area (Å²) >= 11 is 0. The van der Waals surface area contributed by atoms with Crippen LogP contribution in [0, 0.1) is 5.92 Å². The molecular weight excluding hydrogens is 162 g/mol. The summed E-state index contributed by atoms with van der Waals surface area (Å²) in [5.74, 6) is 0.645. The molecule has 1 heterocycles. The van der Waals surface area contributed by atoms with Crippen LogP contribution in [0.3, 0.4) is 0 Å². The fourth-order valence-corrected chi connectivity index (χ4v) is 1.70. The fourth-order valence-electron chi connectivity index (χ4n) is 1.70. The van der Waals surface area contributed by atoms with Crippen molar-refractivity contribution < 1.29 is 4.84 Å². The standard InChI is InChI=1S/C11H15NO/c1-9-7-11(12-13-8-9)10-5-3-2-4-6-10/h2-6,9,11-12H,7-8H2,1H3/t9-,11-/m1/s1. The molecule has 0 bridgehead atoms. The molecular formula is C11H15NO. The summed E-state index contributed by atoms with van der Waals surface area (Å²) in [6.07, 6.45) is 1.16. The molecule has 0 radical (unpaired) electrons. The minimum atomic E-state index is 0.366. The molecule has 1 saturated heterocycles. The van der Waals surface area contributed by atoms with Gasteiger partial charge in [0, 0.05) is 0 Å². The molecule has 0 aliphatic carbocycles. The lowest BCUT2D eigenvalue weighted by Gasteiger charge is -2.27. The van der Waals surface area contributed by atoms with Crippen molar-refractivity contribution in [1.29, 1.82) is 0 Å². The SMILES string of the molecule is C[C@H]1CON[C@@H](c2ccccc2)C1.